The highest BCUT2D eigenvalue weighted by molar-refractivity contribution is 5.93. The molecule has 1 aromatic carbocycles. The fraction of sp³-hybridized carbons (Fsp3) is 0.350. The molecule has 0 radical (unpaired) electrons. The molecule has 0 saturated carbocycles. The molecule has 7 nitrogen and oxygen atoms in total. The minimum absolute atomic E-state index is 0.0871. The Kier molecular flexibility index (Phi) is 5.41. The highest BCUT2D eigenvalue weighted by Gasteiger charge is 2.17. The summed E-state index contributed by atoms with van der Waals surface area (Å²) in [6.07, 6.45) is 0. The van der Waals surface area contributed by atoms with Gasteiger partial charge in [0.15, 0.2) is 0 Å². The third-order valence-corrected chi connectivity index (χ3v) is 4.30. The van der Waals surface area contributed by atoms with Gasteiger partial charge in [0, 0.05) is 5.69 Å². The predicted molar refractivity (Wildman–Crippen MR) is 102 cm³/mol. The number of aryl methyl sites for hydroxylation is 4. The quantitative estimate of drug-likeness (QED) is 0.715. The molecule has 0 atom stereocenters. The van der Waals surface area contributed by atoms with Gasteiger partial charge in [-0.05, 0) is 51.9 Å². The molecule has 0 spiro atoms. The summed E-state index contributed by atoms with van der Waals surface area (Å²) in [5.74, 6) is 2.32. The first-order valence-corrected chi connectivity index (χ1v) is 8.78. The van der Waals surface area contributed by atoms with Crippen LogP contribution in [0.5, 0.6) is 0 Å². The zero-order chi connectivity index (χ0) is 19.6. The Balaban J connectivity index is 1.60. The molecule has 0 aliphatic heterocycles. The Bertz CT molecular complexity index is 938. The van der Waals surface area contributed by atoms with Crippen LogP contribution in [0, 0.1) is 27.7 Å². The number of aromatic nitrogens is 2. The van der Waals surface area contributed by atoms with Gasteiger partial charge in [0.25, 0.3) is 5.89 Å². The fourth-order valence-corrected chi connectivity index (χ4v) is 2.99. The fourth-order valence-electron chi connectivity index (χ4n) is 2.99. The number of likely N-dealkylation sites (N-methyl/N-ethyl adjacent to an activating group) is 1. The van der Waals surface area contributed by atoms with Gasteiger partial charge in [-0.3, -0.25) is 9.69 Å². The lowest BCUT2D eigenvalue weighted by atomic mass is 10.1. The second-order valence-electron chi connectivity index (χ2n) is 6.82. The number of furan rings is 1. The maximum Gasteiger partial charge on any atom is 0.251 e. The molecule has 1 amide bonds. The summed E-state index contributed by atoms with van der Waals surface area (Å²) < 4.78 is 11.2. The normalized spacial score (nSPS) is 11.2. The van der Waals surface area contributed by atoms with Crippen LogP contribution >= 0.6 is 0 Å². The van der Waals surface area contributed by atoms with E-state index in [2.05, 4.69) is 15.5 Å². The van der Waals surface area contributed by atoms with E-state index in [9.17, 15) is 4.79 Å². The lowest BCUT2D eigenvalue weighted by Gasteiger charge is -2.16. The van der Waals surface area contributed by atoms with Crippen LogP contribution in [0.15, 0.2) is 33.1 Å². The second-order valence-corrected chi connectivity index (χ2v) is 6.82. The van der Waals surface area contributed by atoms with Crippen molar-refractivity contribution >= 4 is 11.6 Å². The smallest absolute Gasteiger partial charge is 0.251 e. The Hall–Kier alpha value is -2.93. The van der Waals surface area contributed by atoms with Crippen molar-refractivity contribution in [2.24, 2.45) is 0 Å². The van der Waals surface area contributed by atoms with Gasteiger partial charge >= 0.3 is 0 Å². The number of benzene rings is 1. The number of para-hydroxylation sites is 1. The summed E-state index contributed by atoms with van der Waals surface area (Å²) in [6, 6.07) is 7.80. The summed E-state index contributed by atoms with van der Waals surface area (Å²) >= 11 is 0. The molecule has 27 heavy (non-hydrogen) atoms. The standard InChI is InChI=1S/C20H24N4O3/c1-12-7-6-8-13(2)19(12)21-17(25)10-24(5)11-18-22-23-20(27-18)16-9-14(3)26-15(16)4/h6-9H,10-11H2,1-5H3,(H,21,25). The molecule has 1 N–H and O–H groups in total. The average Bonchev–Trinajstić information content (AvgIpc) is 3.16. The van der Waals surface area contributed by atoms with E-state index in [-0.39, 0.29) is 12.5 Å². The number of hydrogen-bond donors (Lipinski definition) is 1. The van der Waals surface area contributed by atoms with Gasteiger partial charge in [0.05, 0.1) is 18.7 Å². The van der Waals surface area contributed by atoms with E-state index in [0.717, 1.165) is 33.9 Å². The number of amides is 1. The molecule has 2 heterocycles. The van der Waals surface area contributed by atoms with Gasteiger partial charge in [-0.1, -0.05) is 18.2 Å². The number of carbonyl (C=O) groups excluding carboxylic acids is 1. The molecule has 0 bridgehead atoms. The second kappa shape index (κ2) is 7.75. The highest BCUT2D eigenvalue weighted by atomic mass is 16.4. The molecule has 0 saturated heterocycles. The van der Waals surface area contributed by atoms with Gasteiger partial charge in [-0.15, -0.1) is 10.2 Å². The Labute approximate surface area is 158 Å². The molecule has 0 aliphatic rings. The van der Waals surface area contributed by atoms with Crippen LogP contribution in [0.25, 0.3) is 11.5 Å². The number of anilines is 1. The molecule has 0 fully saturated rings. The van der Waals surface area contributed by atoms with Gasteiger partial charge in [-0.25, -0.2) is 0 Å². The Morgan fingerprint density at radius 3 is 2.44 bits per heavy atom. The SMILES string of the molecule is Cc1cc(-c2nnc(CN(C)CC(=O)Nc3c(C)cccc3C)o2)c(C)o1. The predicted octanol–water partition coefficient (Wildman–Crippen LogP) is 3.63. The maximum atomic E-state index is 12.4. The van der Waals surface area contributed by atoms with Crippen molar-refractivity contribution in [3.8, 4) is 11.5 Å². The van der Waals surface area contributed by atoms with E-state index < -0.39 is 0 Å². The average molecular weight is 368 g/mol. The third-order valence-electron chi connectivity index (χ3n) is 4.30. The third kappa shape index (κ3) is 4.43. The first kappa shape index (κ1) is 18.8. The first-order chi connectivity index (χ1) is 12.8. The minimum atomic E-state index is -0.0871. The summed E-state index contributed by atoms with van der Waals surface area (Å²) in [6.45, 7) is 8.28. The number of nitrogens with zero attached hydrogens (tertiary/aromatic N) is 3. The van der Waals surface area contributed by atoms with E-state index in [1.165, 1.54) is 0 Å². The number of rotatable bonds is 6. The summed E-state index contributed by atoms with van der Waals surface area (Å²) in [4.78, 5) is 14.2. The van der Waals surface area contributed by atoms with Crippen molar-refractivity contribution in [1.82, 2.24) is 15.1 Å². The summed E-state index contributed by atoms with van der Waals surface area (Å²) in [5.41, 5.74) is 3.74. The minimum Gasteiger partial charge on any atom is -0.466 e. The topological polar surface area (TPSA) is 84.4 Å². The number of hydrogen-bond acceptors (Lipinski definition) is 6. The van der Waals surface area contributed by atoms with Crippen LogP contribution in [0.3, 0.4) is 0 Å². The molecule has 0 aliphatic carbocycles. The molecular formula is C20H24N4O3. The van der Waals surface area contributed by atoms with Crippen molar-refractivity contribution in [2.75, 3.05) is 18.9 Å². The Morgan fingerprint density at radius 2 is 1.81 bits per heavy atom. The van der Waals surface area contributed by atoms with E-state index in [1.54, 1.807) is 0 Å². The van der Waals surface area contributed by atoms with Crippen LogP contribution in [-0.2, 0) is 11.3 Å². The molecule has 0 unspecified atom stereocenters. The van der Waals surface area contributed by atoms with Gasteiger partial charge in [0.2, 0.25) is 11.8 Å². The van der Waals surface area contributed by atoms with Crippen LogP contribution < -0.4 is 5.32 Å². The van der Waals surface area contributed by atoms with Crippen molar-refractivity contribution in [3.05, 3.63) is 52.8 Å². The Morgan fingerprint density at radius 1 is 1.11 bits per heavy atom. The van der Waals surface area contributed by atoms with Gasteiger partial charge in [0.1, 0.15) is 11.5 Å². The van der Waals surface area contributed by atoms with Crippen LogP contribution in [0.2, 0.25) is 0 Å². The van der Waals surface area contributed by atoms with Gasteiger partial charge < -0.3 is 14.2 Å². The monoisotopic (exact) mass is 368 g/mol. The molecule has 142 valence electrons. The zero-order valence-electron chi connectivity index (χ0n) is 16.3. The molecule has 7 heteroatoms. The van der Waals surface area contributed by atoms with E-state index >= 15 is 0 Å². The van der Waals surface area contributed by atoms with Crippen molar-refractivity contribution < 1.29 is 13.6 Å². The molecular weight excluding hydrogens is 344 g/mol. The van der Waals surface area contributed by atoms with Crippen LogP contribution in [0.4, 0.5) is 5.69 Å². The van der Waals surface area contributed by atoms with Crippen molar-refractivity contribution in [3.63, 3.8) is 0 Å². The molecule has 3 aromatic rings. The van der Waals surface area contributed by atoms with E-state index in [1.807, 2.05) is 63.9 Å². The van der Waals surface area contributed by atoms with E-state index in [4.69, 9.17) is 8.83 Å². The molecule has 3 rings (SSSR count). The van der Waals surface area contributed by atoms with Gasteiger partial charge in [-0.2, -0.15) is 0 Å². The maximum absolute atomic E-state index is 12.4. The first-order valence-electron chi connectivity index (χ1n) is 8.78. The zero-order valence-corrected chi connectivity index (χ0v) is 16.3. The number of nitrogens with one attached hydrogen (secondary N) is 1. The highest BCUT2D eigenvalue weighted by Crippen LogP contribution is 2.25. The van der Waals surface area contributed by atoms with Crippen LogP contribution in [-0.4, -0.2) is 34.6 Å². The number of carbonyl (C=O) groups is 1. The summed E-state index contributed by atoms with van der Waals surface area (Å²) in [7, 11) is 1.83. The molecule has 2 aromatic heterocycles. The van der Waals surface area contributed by atoms with Crippen LogP contribution in [0.1, 0.15) is 28.5 Å². The lowest BCUT2D eigenvalue weighted by molar-refractivity contribution is -0.117. The van der Waals surface area contributed by atoms with E-state index in [0.29, 0.717) is 18.3 Å². The van der Waals surface area contributed by atoms with Crippen molar-refractivity contribution in [1.29, 1.82) is 0 Å². The summed E-state index contributed by atoms with van der Waals surface area (Å²) in [5, 5.41) is 11.1. The van der Waals surface area contributed by atoms with Crippen molar-refractivity contribution in [2.45, 2.75) is 34.2 Å². The largest absolute Gasteiger partial charge is 0.466 e. The lowest BCUT2D eigenvalue weighted by Crippen LogP contribution is -2.30.